The van der Waals surface area contributed by atoms with Gasteiger partial charge in [-0.05, 0) is 58.8 Å². The molecule has 86 heavy (non-hydrogen) atoms. The lowest BCUT2D eigenvalue weighted by Crippen LogP contribution is -2.58. The number of aliphatic carboxylic acids is 1. The number of nitrogens with zero attached hydrogens (tertiary/aromatic N) is 1. The summed E-state index contributed by atoms with van der Waals surface area (Å²) < 4.78 is 70.3. The predicted octanol–water partition coefficient (Wildman–Crippen LogP) is -0.577. The average Bonchev–Trinajstić information content (AvgIpc) is 4.01. The van der Waals surface area contributed by atoms with Crippen molar-refractivity contribution in [2.45, 2.75) is 103 Å². The van der Waals surface area contributed by atoms with Crippen molar-refractivity contribution < 1.29 is 110 Å². The molecule has 1 aliphatic rings. The van der Waals surface area contributed by atoms with E-state index in [1.807, 2.05) is 0 Å². The smallest absolute Gasteiger partial charge is 0.407 e. The number of alkyl carbamates (subject to hydrolysis) is 1. The number of carbonyl (C=O) groups is 9. The highest BCUT2D eigenvalue weighted by molar-refractivity contribution is 6.13. The number of ether oxygens (including phenoxy) is 13. The van der Waals surface area contributed by atoms with Gasteiger partial charge in [0.25, 0.3) is 11.8 Å². The van der Waals surface area contributed by atoms with Crippen molar-refractivity contribution in [3.8, 4) is 0 Å². The van der Waals surface area contributed by atoms with E-state index < -0.39 is 83.7 Å². The largest absolute Gasteiger partial charge is 0.480 e. The van der Waals surface area contributed by atoms with Crippen molar-refractivity contribution >= 4 is 53.4 Å². The number of imide groups is 1. The maximum Gasteiger partial charge on any atom is 0.407 e. The number of amides is 8. The molecule has 0 aromatic rings. The van der Waals surface area contributed by atoms with E-state index in [9.17, 15) is 43.2 Å². The van der Waals surface area contributed by atoms with Crippen molar-refractivity contribution in [3.05, 3.63) is 12.2 Å². The van der Waals surface area contributed by atoms with Gasteiger partial charge in [-0.15, -0.1) is 0 Å². The van der Waals surface area contributed by atoms with Crippen molar-refractivity contribution in [3.63, 3.8) is 0 Å². The normalized spacial score (nSPS) is 13.4. The van der Waals surface area contributed by atoms with Crippen molar-refractivity contribution in [2.75, 3.05) is 185 Å². The number of hydrogen-bond acceptors (Lipinski definition) is 22. The topological polar surface area (TPSA) is 369 Å². The zero-order chi connectivity index (χ0) is 63.5. The van der Waals surface area contributed by atoms with E-state index >= 15 is 0 Å². The summed E-state index contributed by atoms with van der Waals surface area (Å²) in [6.07, 6.45) is 2.15. The number of carboxylic acid groups (broad SMARTS) is 1. The highest BCUT2D eigenvalue weighted by Gasteiger charge is 2.32. The predicted molar refractivity (Wildman–Crippen MR) is 308 cm³/mol. The van der Waals surface area contributed by atoms with Crippen LogP contribution < -0.4 is 31.9 Å². The number of unbranched alkanes of at least 4 members (excludes halogenated alkanes) is 1. The Morgan fingerprint density at radius 3 is 1.30 bits per heavy atom. The molecule has 1 aliphatic heterocycles. The quantitative estimate of drug-likeness (QED) is 0.0296. The monoisotopic (exact) mass is 1240 g/mol. The fourth-order valence-corrected chi connectivity index (χ4v) is 7.21. The highest BCUT2D eigenvalue weighted by atomic mass is 16.6. The molecule has 0 spiro atoms. The summed E-state index contributed by atoms with van der Waals surface area (Å²) >= 11 is 0. The van der Waals surface area contributed by atoms with Gasteiger partial charge in [0.1, 0.15) is 30.3 Å². The Kier molecular flexibility index (Phi) is 47.0. The molecule has 30 heteroatoms. The number of methoxy groups -OCH3 is 1. The van der Waals surface area contributed by atoms with Crippen LogP contribution in [0.4, 0.5) is 4.79 Å². The van der Waals surface area contributed by atoms with Crippen LogP contribution in [0.15, 0.2) is 12.2 Å². The third-order valence-corrected chi connectivity index (χ3v) is 11.6. The second-order valence-electron chi connectivity index (χ2n) is 20.3. The van der Waals surface area contributed by atoms with Gasteiger partial charge in [0, 0.05) is 51.7 Å². The summed E-state index contributed by atoms with van der Waals surface area (Å²) in [4.78, 5) is 115. The van der Waals surface area contributed by atoms with Crippen molar-refractivity contribution in [1.29, 1.82) is 0 Å². The number of nitrogens with one attached hydrogen (secondary N) is 6. The summed E-state index contributed by atoms with van der Waals surface area (Å²) in [5, 5.41) is 24.6. The molecular formula is C56H99N7O23. The van der Waals surface area contributed by atoms with E-state index in [1.54, 1.807) is 41.7 Å². The van der Waals surface area contributed by atoms with E-state index in [0.717, 1.165) is 17.1 Å². The summed E-state index contributed by atoms with van der Waals surface area (Å²) in [5.74, 6) is -6.30. The zero-order valence-corrected chi connectivity index (χ0v) is 51.4. The Morgan fingerprint density at radius 2 is 0.884 bits per heavy atom. The molecule has 496 valence electrons. The van der Waals surface area contributed by atoms with E-state index in [1.165, 1.54) is 0 Å². The highest BCUT2D eigenvalue weighted by Crippen LogP contribution is 2.11. The molecule has 1 heterocycles. The Bertz CT molecular complexity index is 1910. The number of rotatable bonds is 57. The minimum Gasteiger partial charge on any atom is -0.480 e. The lowest BCUT2D eigenvalue weighted by molar-refractivity contribution is -0.139. The van der Waals surface area contributed by atoms with Crippen LogP contribution in [-0.4, -0.2) is 272 Å². The minimum absolute atomic E-state index is 0.0316. The Balaban J connectivity index is 2.30. The molecule has 30 nitrogen and oxygen atoms in total. The van der Waals surface area contributed by atoms with Gasteiger partial charge >= 0.3 is 12.1 Å². The standard InChI is InChI=1S/C56H99N7O23/c1-43(2)51(54(72)61-44(52(70)59-42-50(68)69)11-9-17-58-55(73)86-56(3,4)5)62-53(71)45(60-47(65)14-18-63-48(66)12-13-49(63)67)10-7-8-16-57-46(64)15-19-75-22-23-77-26-27-79-30-31-81-34-35-83-38-39-85-41-40-84-37-36-82-33-32-80-29-28-78-25-24-76-21-20-74-6/h12-13,43-45,51H,7-11,14-42H2,1-6H3,(H,57,64)(H,58,73)(H,59,70)(H,60,65)(H,61,72)(H,62,71)(H,68,69)/t44-,45-,51-/m0/s1. The minimum atomic E-state index is -1.32. The van der Waals surface area contributed by atoms with Gasteiger partial charge in [-0.3, -0.25) is 43.3 Å². The maximum absolute atomic E-state index is 13.9. The molecule has 0 bridgehead atoms. The molecule has 0 radical (unpaired) electrons. The van der Waals surface area contributed by atoms with Crippen LogP contribution in [-0.2, 0) is 99.9 Å². The van der Waals surface area contributed by atoms with Gasteiger partial charge in [-0.2, -0.15) is 0 Å². The first-order valence-electron chi connectivity index (χ1n) is 29.3. The van der Waals surface area contributed by atoms with Crippen LogP contribution >= 0.6 is 0 Å². The molecule has 3 atom stereocenters. The van der Waals surface area contributed by atoms with Crippen LogP contribution in [0.2, 0.25) is 0 Å². The molecule has 8 amide bonds. The first-order valence-corrected chi connectivity index (χ1v) is 29.3. The van der Waals surface area contributed by atoms with Gasteiger partial charge in [0.2, 0.25) is 29.5 Å². The molecule has 0 saturated carbocycles. The number of carbonyl (C=O) groups excluding carboxylic acids is 8. The molecule has 1 rings (SSSR count). The molecule has 0 aliphatic carbocycles. The fourth-order valence-electron chi connectivity index (χ4n) is 7.21. The fraction of sp³-hybridized carbons (Fsp3) is 0.804. The van der Waals surface area contributed by atoms with Gasteiger partial charge in [0.05, 0.1) is 152 Å². The van der Waals surface area contributed by atoms with Gasteiger partial charge in [0.15, 0.2) is 0 Å². The first-order chi connectivity index (χ1) is 41.3. The van der Waals surface area contributed by atoms with E-state index in [2.05, 4.69) is 31.9 Å². The van der Waals surface area contributed by atoms with Crippen molar-refractivity contribution in [2.24, 2.45) is 5.92 Å². The SMILES string of the molecule is COCCOCCOCCOCCOCCOCCOCCOCCOCCOCCOCCOCCC(=O)NCCCC[C@H](NC(=O)CCN1C(=O)C=CC1=O)C(=O)N[C@H](C(=O)N[C@@H](CCCNC(=O)OC(C)(C)C)C(=O)NCC(=O)O)C(C)C. The molecular weight excluding hydrogens is 1140 g/mol. The van der Waals surface area contributed by atoms with E-state index in [0.29, 0.717) is 152 Å². The van der Waals surface area contributed by atoms with Crippen LogP contribution in [0.1, 0.15) is 79.6 Å². The Labute approximate surface area is 505 Å². The van der Waals surface area contributed by atoms with Gasteiger partial charge in [-0.1, -0.05) is 13.8 Å². The second kappa shape index (κ2) is 51.5. The third-order valence-electron chi connectivity index (χ3n) is 11.6. The van der Waals surface area contributed by atoms with Crippen molar-refractivity contribution in [1.82, 2.24) is 36.8 Å². The summed E-state index contributed by atoms with van der Waals surface area (Å²) in [6.45, 7) is 17.6. The van der Waals surface area contributed by atoms with E-state index in [4.69, 9.17) is 66.7 Å². The van der Waals surface area contributed by atoms with Crippen LogP contribution in [0.3, 0.4) is 0 Å². The lowest BCUT2D eigenvalue weighted by atomic mass is 10.0. The molecule has 0 saturated heterocycles. The maximum atomic E-state index is 13.9. The second-order valence-corrected chi connectivity index (χ2v) is 20.3. The Morgan fingerprint density at radius 1 is 0.477 bits per heavy atom. The van der Waals surface area contributed by atoms with Gasteiger partial charge in [-0.25, -0.2) is 4.79 Å². The van der Waals surface area contributed by atoms with Gasteiger partial charge < -0.3 is 98.6 Å². The number of carboxylic acids is 1. The summed E-state index contributed by atoms with van der Waals surface area (Å²) in [7, 11) is 1.63. The van der Waals surface area contributed by atoms with Crippen LogP contribution in [0.25, 0.3) is 0 Å². The van der Waals surface area contributed by atoms with Crippen LogP contribution in [0.5, 0.6) is 0 Å². The third kappa shape index (κ3) is 44.9. The summed E-state index contributed by atoms with van der Waals surface area (Å²) in [5.41, 5.74) is -0.754. The van der Waals surface area contributed by atoms with E-state index in [-0.39, 0.29) is 70.9 Å². The molecule has 0 fully saturated rings. The lowest BCUT2D eigenvalue weighted by Gasteiger charge is -2.27. The molecule has 0 aromatic carbocycles. The summed E-state index contributed by atoms with van der Waals surface area (Å²) in [6, 6.07) is -3.71. The molecule has 7 N–H and O–H groups in total. The Hall–Kier alpha value is -5.51. The average molecular weight is 1240 g/mol. The number of hydrogen-bond donors (Lipinski definition) is 7. The molecule has 0 unspecified atom stereocenters. The van der Waals surface area contributed by atoms with Crippen LogP contribution in [0, 0.1) is 5.92 Å². The first kappa shape index (κ1) is 78.5. The molecule has 0 aromatic heterocycles. The zero-order valence-electron chi connectivity index (χ0n) is 51.4.